The van der Waals surface area contributed by atoms with Crippen LogP contribution in [0.3, 0.4) is 0 Å². The van der Waals surface area contributed by atoms with Gasteiger partial charge in [-0.2, -0.15) is 9.37 Å². The Morgan fingerprint density at radius 3 is 2.79 bits per heavy atom. The Morgan fingerprint density at radius 2 is 2.16 bits per heavy atom. The van der Waals surface area contributed by atoms with E-state index in [4.69, 9.17) is 4.74 Å². The van der Waals surface area contributed by atoms with Gasteiger partial charge in [0.05, 0.1) is 12.7 Å². The molecule has 0 spiro atoms. The molecule has 2 rings (SSSR count). The van der Waals surface area contributed by atoms with E-state index in [0.717, 1.165) is 12.3 Å². The molecule has 0 fully saturated rings. The number of pyridine rings is 1. The first kappa shape index (κ1) is 12.9. The van der Waals surface area contributed by atoms with Crippen molar-refractivity contribution in [3.63, 3.8) is 0 Å². The molecule has 1 N–H and O–H groups in total. The van der Waals surface area contributed by atoms with Gasteiger partial charge in [0.15, 0.2) is 0 Å². The third-order valence-corrected chi connectivity index (χ3v) is 2.25. The molecule has 2 aromatic rings. The Hall–Kier alpha value is -2.57. The van der Waals surface area contributed by atoms with Crippen LogP contribution in [0.2, 0.25) is 0 Å². The zero-order chi connectivity index (χ0) is 13.8. The predicted molar refractivity (Wildman–Crippen MR) is 65.5 cm³/mol. The van der Waals surface area contributed by atoms with Crippen molar-refractivity contribution >= 4 is 11.9 Å². The lowest BCUT2D eigenvalue weighted by Crippen LogP contribution is -2.15. The number of anilines is 1. The van der Waals surface area contributed by atoms with Crippen LogP contribution >= 0.6 is 0 Å². The van der Waals surface area contributed by atoms with Crippen molar-refractivity contribution in [1.82, 2.24) is 15.0 Å². The van der Waals surface area contributed by atoms with Gasteiger partial charge in [0.1, 0.15) is 0 Å². The molecule has 0 saturated heterocycles. The van der Waals surface area contributed by atoms with E-state index in [0.29, 0.717) is 11.6 Å². The SMILES string of the molecule is COc1cc(C)nc(NC(=O)c2ccc(F)nc2)n1. The lowest BCUT2D eigenvalue weighted by atomic mass is 10.3. The number of carbonyl (C=O) groups excluding carboxylic acids is 1. The van der Waals surface area contributed by atoms with Crippen molar-refractivity contribution in [2.24, 2.45) is 0 Å². The number of amides is 1. The van der Waals surface area contributed by atoms with Crippen molar-refractivity contribution in [2.75, 3.05) is 12.4 Å². The number of nitrogens with zero attached hydrogens (tertiary/aromatic N) is 3. The number of aromatic nitrogens is 3. The van der Waals surface area contributed by atoms with Crippen LogP contribution in [0.1, 0.15) is 16.1 Å². The van der Waals surface area contributed by atoms with Crippen molar-refractivity contribution < 1.29 is 13.9 Å². The number of rotatable bonds is 3. The summed E-state index contributed by atoms with van der Waals surface area (Å²) < 4.78 is 17.6. The Kier molecular flexibility index (Phi) is 3.65. The van der Waals surface area contributed by atoms with Gasteiger partial charge in [0, 0.05) is 18.0 Å². The van der Waals surface area contributed by atoms with E-state index in [-0.39, 0.29) is 11.5 Å². The zero-order valence-corrected chi connectivity index (χ0v) is 10.3. The Labute approximate surface area is 108 Å². The second-order valence-electron chi connectivity index (χ2n) is 3.70. The number of hydrogen-bond acceptors (Lipinski definition) is 5. The van der Waals surface area contributed by atoms with Crippen molar-refractivity contribution in [1.29, 1.82) is 0 Å². The van der Waals surface area contributed by atoms with Gasteiger partial charge in [-0.25, -0.2) is 9.97 Å². The summed E-state index contributed by atoms with van der Waals surface area (Å²) >= 11 is 0. The molecule has 2 heterocycles. The Bertz CT molecular complexity index is 601. The van der Waals surface area contributed by atoms with E-state index in [1.807, 2.05) is 0 Å². The van der Waals surface area contributed by atoms with Gasteiger partial charge in [-0.1, -0.05) is 0 Å². The van der Waals surface area contributed by atoms with Gasteiger partial charge in [-0.05, 0) is 19.1 Å². The second kappa shape index (κ2) is 5.38. The molecule has 7 heteroatoms. The van der Waals surface area contributed by atoms with Gasteiger partial charge >= 0.3 is 0 Å². The molecule has 19 heavy (non-hydrogen) atoms. The van der Waals surface area contributed by atoms with Crippen LogP contribution in [0.4, 0.5) is 10.3 Å². The predicted octanol–water partition coefficient (Wildman–Crippen LogP) is 1.58. The van der Waals surface area contributed by atoms with Crippen LogP contribution in [0, 0.1) is 12.9 Å². The number of hydrogen-bond donors (Lipinski definition) is 1. The molecule has 0 atom stereocenters. The number of ether oxygens (including phenoxy) is 1. The van der Waals surface area contributed by atoms with E-state index in [1.54, 1.807) is 13.0 Å². The molecular formula is C12H11FN4O2. The summed E-state index contributed by atoms with van der Waals surface area (Å²) in [5.74, 6) is -0.656. The molecule has 0 unspecified atom stereocenters. The molecule has 6 nitrogen and oxygen atoms in total. The van der Waals surface area contributed by atoms with Crippen molar-refractivity contribution in [2.45, 2.75) is 6.92 Å². The molecule has 98 valence electrons. The van der Waals surface area contributed by atoms with Crippen LogP contribution < -0.4 is 10.1 Å². The Morgan fingerprint density at radius 1 is 1.37 bits per heavy atom. The normalized spacial score (nSPS) is 10.1. The van der Waals surface area contributed by atoms with Crippen LogP contribution in [0.15, 0.2) is 24.4 Å². The number of carbonyl (C=O) groups is 1. The van der Waals surface area contributed by atoms with Crippen LogP contribution in [0.25, 0.3) is 0 Å². The van der Waals surface area contributed by atoms with Crippen LogP contribution in [-0.4, -0.2) is 28.0 Å². The molecular weight excluding hydrogens is 251 g/mol. The maximum Gasteiger partial charge on any atom is 0.259 e. The standard InChI is InChI=1S/C12H11FN4O2/c1-7-5-10(19-2)16-12(15-7)17-11(18)8-3-4-9(13)14-6-8/h3-6H,1-2H3,(H,15,16,17,18). The first-order chi connectivity index (χ1) is 9.08. The first-order valence-corrected chi connectivity index (χ1v) is 5.41. The smallest absolute Gasteiger partial charge is 0.259 e. The molecule has 0 radical (unpaired) electrons. The topological polar surface area (TPSA) is 77.0 Å². The minimum absolute atomic E-state index is 0.117. The lowest BCUT2D eigenvalue weighted by molar-refractivity contribution is 0.102. The van der Waals surface area contributed by atoms with Gasteiger partial charge < -0.3 is 4.74 Å². The van der Waals surface area contributed by atoms with E-state index in [1.165, 1.54) is 13.2 Å². The molecule has 0 aliphatic rings. The monoisotopic (exact) mass is 262 g/mol. The summed E-state index contributed by atoms with van der Waals surface area (Å²) in [5, 5.41) is 2.49. The number of aryl methyl sites for hydroxylation is 1. The van der Waals surface area contributed by atoms with Gasteiger partial charge in [0.25, 0.3) is 5.91 Å². The maximum absolute atomic E-state index is 12.6. The molecule has 0 aromatic carbocycles. The zero-order valence-electron chi connectivity index (χ0n) is 10.3. The minimum atomic E-state index is -0.648. The van der Waals surface area contributed by atoms with Crippen molar-refractivity contribution in [3.05, 3.63) is 41.6 Å². The van der Waals surface area contributed by atoms with Gasteiger partial charge in [0.2, 0.25) is 17.8 Å². The largest absolute Gasteiger partial charge is 0.481 e. The van der Waals surface area contributed by atoms with Crippen molar-refractivity contribution in [3.8, 4) is 5.88 Å². The van der Waals surface area contributed by atoms with E-state index < -0.39 is 11.9 Å². The second-order valence-corrected chi connectivity index (χ2v) is 3.70. The quantitative estimate of drug-likeness (QED) is 0.850. The molecule has 2 aromatic heterocycles. The van der Waals surface area contributed by atoms with Gasteiger partial charge in [-0.3, -0.25) is 10.1 Å². The lowest BCUT2D eigenvalue weighted by Gasteiger charge is -2.06. The summed E-state index contributed by atoms with van der Waals surface area (Å²) in [5.41, 5.74) is 0.866. The molecule has 0 saturated carbocycles. The molecule has 0 bridgehead atoms. The minimum Gasteiger partial charge on any atom is -0.481 e. The number of halogens is 1. The van der Waals surface area contributed by atoms with Gasteiger partial charge in [-0.15, -0.1) is 0 Å². The summed E-state index contributed by atoms with van der Waals surface area (Å²) in [7, 11) is 1.47. The maximum atomic E-state index is 12.6. The molecule has 1 amide bonds. The molecule has 0 aliphatic heterocycles. The highest BCUT2D eigenvalue weighted by molar-refractivity contribution is 6.03. The summed E-state index contributed by atoms with van der Waals surface area (Å²) in [6, 6.07) is 4.06. The van der Waals surface area contributed by atoms with Crippen LogP contribution in [0.5, 0.6) is 5.88 Å². The van der Waals surface area contributed by atoms with E-state index in [9.17, 15) is 9.18 Å². The Balaban J connectivity index is 2.18. The van der Waals surface area contributed by atoms with E-state index in [2.05, 4.69) is 20.3 Å². The summed E-state index contributed by atoms with van der Waals surface area (Å²) in [6.45, 7) is 1.75. The first-order valence-electron chi connectivity index (χ1n) is 5.41. The number of nitrogens with one attached hydrogen (secondary N) is 1. The summed E-state index contributed by atoms with van der Waals surface area (Å²) in [6.07, 6.45) is 1.14. The highest BCUT2D eigenvalue weighted by Crippen LogP contribution is 2.12. The highest BCUT2D eigenvalue weighted by atomic mass is 19.1. The average Bonchev–Trinajstić information content (AvgIpc) is 2.38. The summed E-state index contributed by atoms with van der Waals surface area (Å²) in [4.78, 5) is 23.3. The van der Waals surface area contributed by atoms with Crippen LogP contribution in [-0.2, 0) is 0 Å². The average molecular weight is 262 g/mol. The molecule has 0 aliphatic carbocycles. The fourth-order valence-electron chi connectivity index (χ4n) is 1.38. The van der Waals surface area contributed by atoms with E-state index >= 15 is 0 Å². The third kappa shape index (κ3) is 3.21. The fraction of sp³-hybridized carbons (Fsp3) is 0.167. The fourth-order valence-corrected chi connectivity index (χ4v) is 1.38. The highest BCUT2D eigenvalue weighted by Gasteiger charge is 2.10. The third-order valence-electron chi connectivity index (χ3n) is 2.25. The number of methoxy groups -OCH3 is 1.